The van der Waals surface area contributed by atoms with Crippen LogP contribution in [0.5, 0.6) is 0 Å². The van der Waals surface area contributed by atoms with Crippen molar-refractivity contribution in [3.8, 4) is 0 Å². The number of nitrogens with one attached hydrogen (secondary N) is 1. The predicted octanol–water partition coefficient (Wildman–Crippen LogP) is 4.30. The van der Waals surface area contributed by atoms with E-state index < -0.39 is 17.9 Å². The molecule has 0 spiro atoms. The fourth-order valence-corrected chi connectivity index (χ4v) is 4.18. The van der Waals surface area contributed by atoms with E-state index in [-0.39, 0.29) is 24.3 Å². The molecule has 1 aromatic carbocycles. The zero-order valence-corrected chi connectivity index (χ0v) is 19.0. The molecule has 1 saturated carbocycles. The smallest absolute Gasteiger partial charge is 0.338 e. The number of amides is 2. The second kappa shape index (κ2) is 10.8. The first-order valence-corrected chi connectivity index (χ1v) is 11.4. The summed E-state index contributed by atoms with van der Waals surface area (Å²) >= 11 is 0. The van der Waals surface area contributed by atoms with Gasteiger partial charge in [-0.15, -0.1) is 0 Å². The van der Waals surface area contributed by atoms with Gasteiger partial charge in [-0.3, -0.25) is 19.5 Å². The van der Waals surface area contributed by atoms with Crippen molar-refractivity contribution in [3.63, 3.8) is 0 Å². The lowest BCUT2D eigenvalue weighted by Crippen LogP contribution is -2.46. The average molecular weight is 462 g/mol. The number of carbonyl (C=O) groups is 3. The van der Waals surface area contributed by atoms with E-state index in [9.17, 15) is 14.4 Å². The number of anilines is 1. The first kappa shape index (κ1) is 23.2. The van der Waals surface area contributed by atoms with E-state index in [1.165, 1.54) is 11.2 Å². The van der Waals surface area contributed by atoms with Crippen LogP contribution in [0.1, 0.15) is 65.1 Å². The summed E-state index contributed by atoms with van der Waals surface area (Å²) in [7, 11) is 0. The molecule has 2 heterocycles. The van der Waals surface area contributed by atoms with E-state index in [4.69, 9.17) is 9.15 Å². The fraction of sp³-hybridized carbons (Fsp3) is 0.308. The van der Waals surface area contributed by atoms with Gasteiger partial charge in [0.15, 0.2) is 5.76 Å². The molecular formula is C26H27N3O5. The van der Waals surface area contributed by atoms with E-state index in [1.807, 2.05) is 0 Å². The van der Waals surface area contributed by atoms with Crippen LogP contribution in [-0.2, 0) is 9.53 Å². The standard InChI is InChI=1S/C26H27N3O5/c1-2-33-26(32)18-11-13-21(14-12-18)29(25(31)22-10-6-16-34-22)23(19-7-5-15-27-17-19)24(30)28-20-8-3-4-9-20/h5-7,10-17,20,23H,2-4,8-9H2,1H3,(H,28,30)/t23-/m0/s1. The van der Waals surface area contributed by atoms with Gasteiger partial charge in [-0.25, -0.2) is 4.79 Å². The molecule has 1 aliphatic rings. The molecule has 1 atom stereocenters. The molecule has 176 valence electrons. The lowest BCUT2D eigenvalue weighted by Gasteiger charge is -2.31. The van der Waals surface area contributed by atoms with Crippen LogP contribution in [0.15, 0.2) is 71.6 Å². The van der Waals surface area contributed by atoms with Crippen LogP contribution in [-0.4, -0.2) is 35.4 Å². The molecule has 0 radical (unpaired) electrons. The summed E-state index contributed by atoms with van der Waals surface area (Å²) in [5, 5.41) is 3.11. The van der Waals surface area contributed by atoms with Crippen LogP contribution in [0.2, 0.25) is 0 Å². The molecule has 1 fully saturated rings. The predicted molar refractivity (Wildman–Crippen MR) is 125 cm³/mol. The van der Waals surface area contributed by atoms with Gasteiger partial charge in [0.1, 0.15) is 6.04 Å². The highest BCUT2D eigenvalue weighted by atomic mass is 16.5. The van der Waals surface area contributed by atoms with Gasteiger partial charge >= 0.3 is 5.97 Å². The highest BCUT2D eigenvalue weighted by Gasteiger charge is 2.36. The SMILES string of the molecule is CCOC(=O)c1ccc(N(C(=O)c2ccco2)[C@H](C(=O)NC2CCCC2)c2cccnc2)cc1. The Kier molecular flexibility index (Phi) is 7.37. The molecule has 8 nitrogen and oxygen atoms in total. The molecule has 2 amide bonds. The van der Waals surface area contributed by atoms with Crippen molar-refractivity contribution in [3.05, 3.63) is 84.1 Å². The van der Waals surface area contributed by atoms with Gasteiger partial charge in [0.05, 0.1) is 18.4 Å². The zero-order chi connectivity index (χ0) is 23.9. The first-order chi connectivity index (χ1) is 16.6. The van der Waals surface area contributed by atoms with Crippen molar-refractivity contribution >= 4 is 23.5 Å². The highest BCUT2D eigenvalue weighted by Crippen LogP contribution is 2.31. The van der Waals surface area contributed by atoms with Gasteiger partial charge in [-0.2, -0.15) is 0 Å². The van der Waals surface area contributed by atoms with Gasteiger partial charge < -0.3 is 14.5 Å². The van der Waals surface area contributed by atoms with Crippen molar-refractivity contribution in [1.29, 1.82) is 0 Å². The van der Waals surface area contributed by atoms with Crippen molar-refractivity contribution in [1.82, 2.24) is 10.3 Å². The largest absolute Gasteiger partial charge is 0.462 e. The molecule has 3 aromatic rings. The number of nitrogens with zero attached hydrogens (tertiary/aromatic N) is 2. The number of carbonyl (C=O) groups excluding carboxylic acids is 3. The van der Waals surface area contributed by atoms with Gasteiger partial charge in [0.25, 0.3) is 5.91 Å². The summed E-state index contributed by atoms with van der Waals surface area (Å²) in [5.41, 5.74) is 1.35. The summed E-state index contributed by atoms with van der Waals surface area (Å²) in [6.45, 7) is 1.99. The van der Waals surface area contributed by atoms with Crippen LogP contribution in [0.25, 0.3) is 0 Å². The molecule has 4 rings (SSSR count). The van der Waals surface area contributed by atoms with Crippen molar-refractivity contribution in [2.24, 2.45) is 0 Å². The molecule has 34 heavy (non-hydrogen) atoms. The molecule has 1 aliphatic carbocycles. The lowest BCUT2D eigenvalue weighted by molar-refractivity contribution is -0.123. The minimum Gasteiger partial charge on any atom is -0.462 e. The van der Waals surface area contributed by atoms with Crippen molar-refractivity contribution in [2.45, 2.75) is 44.7 Å². The van der Waals surface area contributed by atoms with Crippen molar-refractivity contribution in [2.75, 3.05) is 11.5 Å². The maximum Gasteiger partial charge on any atom is 0.338 e. The summed E-state index contributed by atoms with van der Waals surface area (Å²) in [4.78, 5) is 44.9. The number of pyridine rings is 1. The monoisotopic (exact) mass is 461 g/mol. The normalized spacial score (nSPS) is 14.4. The molecule has 1 N–H and O–H groups in total. The summed E-state index contributed by atoms with van der Waals surface area (Å²) < 4.78 is 10.4. The molecule has 0 unspecified atom stereocenters. The summed E-state index contributed by atoms with van der Waals surface area (Å²) in [6, 6.07) is 12.1. The molecular weight excluding hydrogens is 434 g/mol. The van der Waals surface area contributed by atoms with E-state index in [0.717, 1.165) is 25.7 Å². The van der Waals surface area contributed by atoms with Gasteiger partial charge in [0.2, 0.25) is 5.91 Å². The van der Waals surface area contributed by atoms with Crippen LogP contribution in [0.4, 0.5) is 5.69 Å². The Morgan fingerprint density at radius 1 is 1.12 bits per heavy atom. The minimum atomic E-state index is -0.986. The van der Waals surface area contributed by atoms with E-state index >= 15 is 0 Å². The van der Waals surface area contributed by atoms with E-state index in [0.29, 0.717) is 16.8 Å². The van der Waals surface area contributed by atoms with Crippen molar-refractivity contribution < 1.29 is 23.5 Å². The third kappa shape index (κ3) is 5.17. The van der Waals surface area contributed by atoms with E-state index in [2.05, 4.69) is 10.3 Å². The molecule has 2 aromatic heterocycles. The Labute approximate surface area is 197 Å². The number of ether oxygens (including phenoxy) is 1. The Morgan fingerprint density at radius 3 is 2.50 bits per heavy atom. The number of benzene rings is 1. The number of furan rings is 1. The maximum absolute atomic E-state index is 13.6. The Bertz CT molecular complexity index is 1110. The quantitative estimate of drug-likeness (QED) is 0.502. The fourth-order valence-electron chi connectivity index (χ4n) is 4.18. The topological polar surface area (TPSA) is 102 Å². The molecule has 0 saturated heterocycles. The number of hydrogen-bond donors (Lipinski definition) is 1. The lowest BCUT2D eigenvalue weighted by atomic mass is 10.0. The molecule has 0 aliphatic heterocycles. The third-order valence-corrected chi connectivity index (χ3v) is 5.82. The number of aromatic nitrogens is 1. The van der Waals surface area contributed by atoms with Gasteiger partial charge in [-0.05, 0) is 62.2 Å². The molecule has 8 heteroatoms. The Morgan fingerprint density at radius 2 is 1.88 bits per heavy atom. The number of rotatable bonds is 8. The molecule has 0 bridgehead atoms. The minimum absolute atomic E-state index is 0.0680. The van der Waals surface area contributed by atoms with Crippen LogP contribution < -0.4 is 10.2 Å². The second-order valence-electron chi connectivity index (χ2n) is 8.10. The first-order valence-electron chi connectivity index (χ1n) is 11.4. The van der Waals surface area contributed by atoms with E-state index in [1.54, 1.807) is 67.8 Å². The van der Waals surface area contributed by atoms with Crippen LogP contribution in [0, 0.1) is 0 Å². The highest BCUT2D eigenvalue weighted by molar-refractivity contribution is 6.08. The number of esters is 1. The van der Waals surface area contributed by atoms with Gasteiger partial charge in [0, 0.05) is 29.7 Å². The Balaban J connectivity index is 1.76. The number of hydrogen-bond acceptors (Lipinski definition) is 6. The maximum atomic E-state index is 13.6. The van der Waals surface area contributed by atoms with Crippen LogP contribution in [0.3, 0.4) is 0 Å². The average Bonchev–Trinajstić information content (AvgIpc) is 3.57. The van der Waals surface area contributed by atoms with Gasteiger partial charge in [-0.1, -0.05) is 18.9 Å². The zero-order valence-electron chi connectivity index (χ0n) is 19.0. The summed E-state index contributed by atoms with van der Waals surface area (Å²) in [6.07, 6.45) is 8.54. The third-order valence-electron chi connectivity index (χ3n) is 5.82. The van der Waals surface area contributed by atoms with Crippen LogP contribution >= 0.6 is 0 Å². The second-order valence-corrected chi connectivity index (χ2v) is 8.10. The Hall–Kier alpha value is -3.94. The summed E-state index contributed by atoms with van der Waals surface area (Å²) in [5.74, 6) is -1.14.